The highest BCUT2D eigenvalue weighted by molar-refractivity contribution is 5.56. The molecule has 1 aliphatic rings. The number of anilines is 1. The average molecular weight is 253 g/mol. The lowest BCUT2D eigenvalue weighted by molar-refractivity contribution is 0.334. The van der Waals surface area contributed by atoms with E-state index in [4.69, 9.17) is 4.74 Å². The molecule has 0 radical (unpaired) electrons. The molecule has 2 nitrogen and oxygen atoms in total. The van der Waals surface area contributed by atoms with Gasteiger partial charge in [-0.2, -0.15) is 0 Å². The van der Waals surface area contributed by atoms with E-state index in [9.17, 15) is 0 Å². The Hall–Kier alpha value is -1.96. The van der Waals surface area contributed by atoms with Crippen LogP contribution in [0.2, 0.25) is 0 Å². The normalized spacial score (nSPS) is 17.4. The Kier molecular flexibility index (Phi) is 3.41. The third-order valence-corrected chi connectivity index (χ3v) is 3.64. The van der Waals surface area contributed by atoms with Gasteiger partial charge in [-0.25, -0.2) is 0 Å². The quantitative estimate of drug-likeness (QED) is 0.885. The summed E-state index contributed by atoms with van der Waals surface area (Å²) in [6.45, 7) is 2.74. The molecule has 19 heavy (non-hydrogen) atoms. The molecule has 0 fully saturated rings. The molecule has 2 aromatic carbocycles. The Balaban J connectivity index is 1.89. The monoisotopic (exact) mass is 253 g/mol. The molecule has 2 heteroatoms. The molecule has 1 aliphatic heterocycles. The summed E-state index contributed by atoms with van der Waals surface area (Å²) in [5.74, 6) is 1.00. The average Bonchev–Trinajstić information content (AvgIpc) is 2.48. The third kappa shape index (κ3) is 2.43. The first kappa shape index (κ1) is 12.1. The third-order valence-electron chi connectivity index (χ3n) is 3.64. The number of hydrogen-bond donors (Lipinski definition) is 1. The van der Waals surface area contributed by atoms with Gasteiger partial charge in [0.2, 0.25) is 0 Å². The standard InChI is InChI=1S/C17H19NO/c1-2-19-17-10-6-4-8-14(17)16-12-11-13-7-3-5-9-15(13)18-16/h3-10,16,18H,2,11-12H2,1H3. The van der Waals surface area contributed by atoms with Crippen LogP contribution in [0.3, 0.4) is 0 Å². The van der Waals surface area contributed by atoms with Crippen molar-refractivity contribution in [1.82, 2.24) is 0 Å². The van der Waals surface area contributed by atoms with Crippen molar-refractivity contribution in [3.8, 4) is 5.75 Å². The summed E-state index contributed by atoms with van der Waals surface area (Å²) in [5, 5.41) is 3.63. The molecule has 1 unspecified atom stereocenters. The van der Waals surface area contributed by atoms with Crippen LogP contribution < -0.4 is 10.1 Å². The van der Waals surface area contributed by atoms with Gasteiger partial charge < -0.3 is 10.1 Å². The number of rotatable bonds is 3. The molecule has 2 aromatic rings. The Morgan fingerprint density at radius 1 is 1.11 bits per heavy atom. The lowest BCUT2D eigenvalue weighted by atomic mass is 9.93. The van der Waals surface area contributed by atoms with Crippen molar-refractivity contribution >= 4 is 5.69 Å². The molecule has 3 rings (SSSR count). The van der Waals surface area contributed by atoms with Crippen molar-refractivity contribution in [3.05, 3.63) is 59.7 Å². The van der Waals surface area contributed by atoms with Crippen LogP contribution in [-0.2, 0) is 6.42 Å². The highest BCUT2D eigenvalue weighted by atomic mass is 16.5. The maximum Gasteiger partial charge on any atom is 0.124 e. The van der Waals surface area contributed by atoms with Crippen molar-refractivity contribution in [2.45, 2.75) is 25.8 Å². The van der Waals surface area contributed by atoms with E-state index >= 15 is 0 Å². The second-order valence-corrected chi connectivity index (χ2v) is 4.86. The molecule has 98 valence electrons. The van der Waals surface area contributed by atoms with E-state index in [2.05, 4.69) is 47.8 Å². The number of nitrogens with one attached hydrogen (secondary N) is 1. The van der Waals surface area contributed by atoms with Gasteiger partial charge in [-0.3, -0.25) is 0 Å². The first-order valence-electron chi connectivity index (χ1n) is 6.94. The van der Waals surface area contributed by atoms with Crippen molar-refractivity contribution in [3.63, 3.8) is 0 Å². The van der Waals surface area contributed by atoms with E-state index in [0.29, 0.717) is 12.6 Å². The van der Waals surface area contributed by atoms with Gasteiger partial charge in [0.05, 0.1) is 12.6 Å². The largest absolute Gasteiger partial charge is 0.494 e. The molecular formula is C17H19NO. The minimum Gasteiger partial charge on any atom is -0.494 e. The Bertz CT molecular complexity index is 565. The van der Waals surface area contributed by atoms with Gasteiger partial charge in [0.1, 0.15) is 5.75 Å². The van der Waals surface area contributed by atoms with Gasteiger partial charge in [-0.1, -0.05) is 36.4 Å². The molecule has 0 spiro atoms. The number of para-hydroxylation sites is 2. The zero-order chi connectivity index (χ0) is 13.1. The maximum absolute atomic E-state index is 5.74. The van der Waals surface area contributed by atoms with E-state index < -0.39 is 0 Å². The summed E-state index contributed by atoms with van der Waals surface area (Å²) >= 11 is 0. The molecule has 1 heterocycles. The van der Waals surface area contributed by atoms with Gasteiger partial charge in [0.15, 0.2) is 0 Å². The highest BCUT2D eigenvalue weighted by Gasteiger charge is 2.21. The van der Waals surface area contributed by atoms with Gasteiger partial charge in [-0.15, -0.1) is 0 Å². The van der Waals surface area contributed by atoms with Crippen molar-refractivity contribution in [2.75, 3.05) is 11.9 Å². The van der Waals surface area contributed by atoms with Gasteiger partial charge >= 0.3 is 0 Å². The minimum absolute atomic E-state index is 0.345. The smallest absolute Gasteiger partial charge is 0.124 e. The first-order chi connectivity index (χ1) is 9.38. The van der Waals surface area contributed by atoms with Crippen LogP contribution in [0.4, 0.5) is 5.69 Å². The number of aryl methyl sites for hydroxylation is 1. The summed E-state index contributed by atoms with van der Waals surface area (Å²) in [5.41, 5.74) is 3.93. The van der Waals surface area contributed by atoms with Gasteiger partial charge in [0.25, 0.3) is 0 Å². The molecule has 0 bridgehead atoms. The number of fused-ring (bicyclic) bond motifs is 1. The highest BCUT2D eigenvalue weighted by Crippen LogP contribution is 2.36. The van der Waals surface area contributed by atoms with E-state index in [1.807, 2.05) is 13.0 Å². The molecule has 0 aliphatic carbocycles. The van der Waals surface area contributed by atoms with Gasteiger partial charge in [0, 0.05) is 11.3 Å². The van der Waals surface area contributed by atoms with Crippen LogP contribution in [0.25, 0.3) is 0 Å². The molecule has 0 amide bonds. The summed E-state index contributed by atoms with van der Waals surface area (Å²) < 4.78 is 5.74. The molecular weight excluding hydrogens is 234 g/mol. The fourth-order valence-electron chi connectivity index (χ4n) is 2.73. The van der Waals surface area contributed by atoms with Crippen molar-refractivity contribution < 1.29 is 4.74 Å². The topological polar surface area (TPSA) is 21.3 Å². The van der Waals surface area contributed by atoms with Crippen molar-refractivity contribution in [1.29, 1.82) is 0 Å². The van der Waals surface area contributed by atoms with Crippen LogP contribution in [-0.4, -0.2) is 6.61 Å². The number of ether oxygens (including phenoxy) is 1. The predicted molar refractivity (Wildman–Crippen MR) is 78.7 cm³/mol. The maximum atomic E-state index is 5.74. The second-order valence-electron chi connectivity index (χ2n) is 4.86. The lowest BCUT2D eigenvalue weighted by Gasteiger charge is -2.28. The van der Waals surface area contributed by atoms with E-state index in [0.717, 1.165) is 18.6 Å². The zero-order valence-electron chi connectivity index (χ0n) is 11.2. The van der Waals surface area contributed by atoms with E-state index in [1.54, 1.807) is 0 Å². The summed E-state index contributed by atoms with van der Waals surface area (Å²) in [4.78, 5) is 0. The Labute approximate surface area is 114 Å². The SMILES string of the molecule is CCOc1ccccc1C1CCc2ccccc2N1. The predicted octanol–water partition coefficient (Wildman–Crippen LogP) is 4.18. The fraction of sp³-hybridized carbons (Fsp3) is 0.294. The molecule has 0 saturated carbocycles. The first-order valence-corrected chi connectivity index (χ1v) is 6.94. The van der Waals surface area contributed by atoms with Crippen LogP contribution in [0, 0.1) is 0 Å². The Morgan fingerprint density at radius 2 is 1.89 bits per heavy atom. The summed E-state index contributed by atoms with van der Waals surface area (Å²) in [6, 6.07) is 17.2. The van der Waals surface area contributed by atoms with Crippen molar-refractivity contribution in [2.24, 2.45) is 0 Å². The molecule has 0 saturated heterocycles. The second kappa shape index (κ2) is 5.35. The van der Waals surface area contributed by atoms with E-state index in [1.165, 1.54) is 16.8 Å². The number of benzene rings is 2. The fourth-order valence-corrected chi connectivity index (χ4v) is 2.73. The molecule has 1 atom stereocenters. The Morgan fingerprint density at radius 3 is 2.79 bits per heavy atom. The van der Waals surface area contributed by atoms with Crippen LogP contribution in [0.5, 0.6) is 5.75 Å². The van der Waals surface area contributed by atoms with Crippen LogP contribution >= 0.6 is 0 Å². The molecule has 0 aromatic heterocycles. The summed E-state index contributed by atoms with van der Waals surface area (Å²) in [7, 11) is 0. The van der Waals surface area contributed by atoms with Gasteiger partial charge in [-0.05, 0) is 37.5 Å². The van der Waals surface area contributed by atoms with Crippen LogP contribution in [0.15, 0.2) is 48.5 Å². The summed E-state index contributed by atoms with van der Waals surface area (Å²) in [6.07, 6.45) is 2.23. The van der Waals surface area contributed by atoms with Crippen LogP contribution in [0.1, 0.15) is 30.5 Å². The number of hydrogen-bond acceptors (Lipinski definition) is 2. The lowest BCUT2D eigenvalue weighted by Crippen LogP contribution is -2.18. The minimum atomic E-state index is 0.345. The zero-order valence-corrected chi connectivity index (χ0v) is 11.2. The van der Waals surface area contributed by atoms with E-state index in [-0.39, 0.29) is 0 Å². The molecule has 1 N–H and O–H groups in total.